The van der Waals surface area contributed by atoms with Gasteiger partial charge in [-0.2, -0.15) is 0 Å². The molecule has 7 nitrogen and oxygen atoms in total. The lowest BCUT2D eigenvalue weighted by Gasteiger charge is -2.20. The van der Waals surface area contributed by atoms with Gasteiger partial charge in [0.1, 0.15) is 17.5 Å². The summed E-state index contributed by atoms with van der Waals surface area (Å²) in [5.41, 5.74) is 6.00. The Kier molecular flexibility index (Phi) is 7.88. The molecule has 1 rings (SSSR count). The molecule has 138 valence electrons. The van der Waals surface area contributed by atoms with Crippen LogP contribution in [0.2, 0.25) is 0 Å². The zero-order valence-electron chi connectivity index (χ0n) is 14.4. The van der Waals surface area contributed by atoms with E-state index in [0.29, 0.717) is 6.42 Å². The van der Waals surface area contributed by atoms with Crippen molar-refractivity contribution in [3.8, 4) is 0 Å². The normalized spacial score (nSPS) is 13.1. The molecular weight excluding hydrogens is 458 g/mol. The minimum atomic E-state index is -0.923. The number of hydrogen-bond acceptors (Lipinski definition) is 5. The molecule has 0 aliphatic heterocycles. The monoisotopic (exact) mass is 477 g/mol. The fraction of sp³-hybridized carbons (Fsp3) is 0.438. The third-order valence-electron chi connectivity index (χ3n) is 2.71. The first-order valence-electron chi connectivity index (χ1n) is 7.44. The van der Waals surface area contributed by atoms with Gasteiger partial charge in [0.25, 0.3) is 0 Å². The van der Waals surface area contributed by atoms with E-state index in [9.17, 15) is 9.59 Å². The average molecular weight is 479 g/mol. The number of rotatable bonds is 5. The molecule has 1 aromatic carbocycles. The molecule has 9 heteroatoms. The quantitative estimate of drug-likeness (QED) is 0.292. The lowest BCUT2D eigenvalue weighted by atomic mass is 10.1. The highest BCUT2D eigenvalue weighted by molar-refractivity contribution is 9.13. The third kappa shape index (κ3) is 8.35. The van der Waals surface area contributed by atoms with Crippen molar-refractivity contribution >= 4 is 49.8 Å². The Morgan fingerprint density at radius 3 is 2.48 bits per heavy atom. The van der Waals surface area contributed by atoms with Gasteiger partial charge in [-0.05, 0) is 77.3 Å². The molecule has 0 spiro atoms. The van der Waals surface area contributed by atoms with E-state index in [4.69, 9.17) is 15.3 Å². The summed E-state index contributed by atoms with van der Waals surface area (Å²) in [5.74, 6) is -0.613. The van der Waals surface area contributed by atoms with Crippen LogP contribution in [-0.2, 0) is 20.8 Å². The Hall–Kier alpha value is -1.61. The van der Waals surface area contributed by atoms with Crippen molar-refractivity contribution in [2.24, 2.45) is 10.9 Å². The van der Waals surface area contributed by atoms with Gasteiger partial charge in [0.15, 0.2) is 0 Å². The topological polar surface area (TPSA) is 103 Å². The fourth-order valence-corrected chi connectivity index (χ4v) is 2.29. The molecule has 1 amide bonds. The molecule has 0 aliphatic carbocycles. The van der Waals surface area contributed by atoms with E-state index in [2.05, 4.69) is 42.3 Å². The zero-order chi connectivity index (χ0) is 19.2. The predicted octanol–water partition coefficient (Wildman–Crippen LogP) is 3.48. The predicted molar refractivity (Wildman–Crippen MR) is 102 cm³/mol. The molecule has 0 aromatic heterocycles. The maximum atomic E-state index is 11.8. The molecule has 0 saturated heterocycles. The summed E-state index contributed by atoms with van der Waals surface area (Å²) in [6.07, 6.45) is -0.402. The van der Waals surface area contributed by atoms with Crippen LogP contribution in [0, 0.1) is 0 Å². The number of benzene rings is 1. The van der Waals surface area contributed by atoms with Crippen LogP contribution in [0.5, 0.6) is 0 Å². The number of alkyl carbamates (subject to hydrolysis) is 1. The number of hydrogen-bond donors (Lipinski definition) is 2. The van der Waals surface area contributed by atoms with Crippen LogP contribution >= 0.6 is 31.9 Å². The Morgan fingerprint density at radius 1 is 1.28 bits per heavy atom. The van der Waals surface area contributed by atoms with E-state index in [0.717, 1.165) is 14.5 Å². The van der Waals surface area contributed by atoms with Crippen LogP contribution < -0.4 is 11.1 Å². The van der Waals surface area contributed by atoms with Crippen molar-refractivity contribution in [2.75, 3.05) is 0 Å². The smallest absolute Gasteiger partial charge is 0.408 e. The lowest BCUT2D eigenvalue weighted by Crippen LogP contribution is -2.42. The van der Waals surface area contributed by atoms with E-state index in [-0.39, 0.29) is 5.84 Å². The van der Waals surface area contributed by atoms with Crippen LogP contribution in [0.15, 0.2) is 32.3 Å². The summed E-state index contributed by atoms with van der Waals surface area (Å²) >= 11 is 6.77. The summed E-state index contributed by atoms with van der Waals surface area (Å²) < 4.78 is 6.85. The maximum Gasteiger partial charge on any atom is 0.408 e. The number of nitrogens with one attached hydrogen (secondary N) is 1. The number of nitrogens with zero attached hydrogens (tertiary/aromatic N) is 1. The third-order valence-corrected chi connectivity index (χ3v) is 4.59. The average Bonchev–Trinajstić information content (AvgIpc) is 2.46. The second kappa shape index (κ2) is 9.19. The minimum absolute atomic E-state index is 0.132. The molecule has 0 saturated carbocycles. The van der Waals surface area contributed by atoms with Gasteiger partial charge < -0.3 is 20.6 Å². The molecule has 0 radical (unpaired) electrons. The molecule has 1 atom stereocenters. The molecule has 3 N–H and O–H groups in total. The first kappa shape index (κ1) is 21.4. The van der Waals surface area contributed by atoms with E-state index in [1.807, 2.05) is 18.2 Å². The molecule has 0 unspecified atom stereocenters. The van der Waals surface area contributed by atoms with Gasteiger partial charge >= 0.3 is 12.1 Å². The Balaban J connectivity index is 2.53. The van der Waals surface area contributed by atoms with Gasteiger partial charge in [0.2, 0.25) is 0 Å². The second-order valence-corrected chi connectivity index (χ2v) is 7.99. The largest absolute Gasteiger partial charge is 0.444 e. The van der Waals surface area contributed by atoms with Crippen molar-refractivity contribution < 1.29 is 19.2 Å². The number of amides is 1. The van der Waals surface area contributed by atoms with Gasteiger partial charge in [-0.3, -0.25) is 0 Å². The molecule has 0 bridgehead atoms. The molecule has 0 heterocycles. The van der Waals surface area contributed by atoms with Gasteiger partial charge in [-0.15, -0.1) is 0 Å². The van der Waals surface area contributed by atoms with Crippen LogP contribution in [-0.4, -0.2) is 29.5 Å². The number of oxime groups is 1. The molecular formula is C16H21Br2N3O4. The summed E-state index contributed by atoms with van der Waals surface area (Å²) in [7, 11) is 0. The number of carbonyl (C=O) groups excluding carboxylic acids is 2. The highest BCUT2D eigenvalue weighted by Crippen LogP contribution is 2.23. The first-order chi connectivity index (χ1) is 11.5. The fourth-order valence-electron chi connectivity index (χ4n) is 1.62. The molecule has 0 aliphatic rings. The minimum Gasteiger partial charge on any atom is -0.444 e. The van der Waals surface area contributed by atoms with Gasteiger partial charge in [-0.25, -0.2) is 9.59 Å². The van der Waals surface area contributed by atoms with Gasteiger partial charge in [-0.1, -0.05) is 11.2 Å². The highest BCUT2D eigenvalue weighted by atomic mass is 79.9. The van der Waals surface area contributed by atoms with Crippen molar-refractivity contribution in [2.45, 2.75) is 45.8 Å². The van der Waals surface area contributed by atoms with Crippen molar-refractivity contribution in [1.29, 1.82) is 0 Å². The van der Waals surface area contributed by atoms with Crippen LogP contribution in [0.1, 0.15) is 33.3 Å². The van der Waals surface area contributed by atoms with E-state index < -0.39 is 23.7 Å². The van der Waals surface area contributed by atoms with Crippen LogP contribution in [0.25, 0.3) is 0 Å². The summed E-state index contributed by atoms with van der Waals surface area (Å²) in [6, 6.07) is 4.69. The van der Waals surface area contributed by atoms with E-state index in [1.165, 1.54) is 6.92 Å². The SMILES string of the molecule is C[C@H](NC(=O)OC(C)(C)C)C(=O)O/N=C(\N)Cc1ccc(Br)c(Br)c1. The standard InChI is InChI=1S/C16H21Br2N3O4/c1-9(20-15(23)24-16(2,3)4)14(22)25-21-13(19)8-10-5-6-11(17)12(18)7-10/h5-7,9H,8H2,1-4H3,(H2,19,21)(H,20,23)/t9-/m0/s1. The first-order valence-corrected chi connectivity index (χ1v) is 9.03. The van der Waals surface area contributed by atoms with Gasteiger partial charge in [0.05, 0.1) is 0 Å². The van der Waals surface area contributed by atoms with Crippen LogP contribution in [0.3, 0.4) is 0 Å². The number of ether oxygens (including phenoxy) is 1. The number of amidine groups is 1. The summed E-state index contributed by atoms with van der Waals surface area (Å²) in [5, 5.41) is 5.97. The van der Waals surface area contributed by atoms with Crippen molar-refractivity contribution in [3.63, 3.8) is 0 Å². The number of halogens is 2. The van der Waals surface area contributed by atoms with E-state index in [1.54, 1.807) is 20.8 Å². The molecule has 0 fully saturated rings. The van der Waals surface area contributed by atoms with Gasteiger partial charge in [0, 0.05) is 15.4 Å². The Morgan fingerprint density at radius 2 is 1.92 bits per heavy atom. The zero-order valence-corrected chi connectivity index (χ0v) is 17.6. The lowest BCUT2D eigenvalue weighted by molar-refractivity contribution is -0.145. The Labute approximate surface area is 163 Å². The van der Waals surface area contributed by atoms with E-state index >= 15 is 0 Å². The van der Waals surface area contributed by atoms with Crippen LogP contribution in [0.4, 0.5) is 4.79 Å². The maximum absolute atomic E-state index is 11.8. The number of nitrogens with two attached hydrogens (primary N) is 1. The summed E-state index contributed by atoms with van der Waals surface area (Å²) in [4.78, 5) is 28.2. The second-order valence-electron chi connectivity index (χ2n) is 6.29. The molecule has 25 heavy (non-hydrogen) atoms. The molecule has 1 aromatic rings. The number of carbonyl (C=O) groups is 2. The van der Waals surface area contributed by atoms with Crippen molar-refractivity contribution in [1.82, 2.24) is 5.32 Å². The Bertz CT molecular complexity index is 672. The summed E-state index contributed by atoms with van der Waals surface area (Å²) in [6.45, 7) is 6.63. The highest BCUT2D eigenvalue weighted by Gasteiger charge is 2.22. The van der Waals surface area contributed by atoms with Crippen molar-refractivity contribution in [3.05, 3.63) is 32.7 Å².